The Morgan fingerprint density at radius 3 is 2.45 bits per heavy atom. The van der Waals surface area contributed by atoms with Crippen molar-refractivity contribution >= 4 is 18.2 Å². The molecule has 2 unspecified atom stereocenters. The first-order chi connectivity index (χ1) is 8.90. The predicted molar refractivity (Wildman–Crippen MR) is 84.2 cm³/mol. The SMILES string of the molecule is CC1=CC(NC2CCCCC2)C(O)C(C)(C)CC1=O.Cl. The van der Waals surface area contributed by atoms with Gasteiger partial charge in [0.25, 0.3) is 0 Å². The van der Waals surface area contributed by atoms with E-state index in [1.165, 1.54) is 32.1 Å². The van der Waals surface area contributed by atoms with E-state index in [-0.39, 0.29) is 29.6 Å². The number of ketones is 1. The van der Waals surface area contributed by atoms with Gasteiger partial charge in [0, 0.05) is 12.5 Å². The van der Waals surface area contributed by atoms with Crippen LogP contribution in [0.4, 0.5) is 0 Å². The number of allylic oxidation sites excluding steroid dienone is 1. The maximum Gasteiger partial charge on any atom is 0.158 e. The van der Waals surface area contributed by atoms with E-state index >= 15 is 0 Å². The van der Waals surface area contributed by atoms with Gasteiger partial charge >= 0.3 is 0 Å². The van der Waals surface area contributed by atoms with Crippen LogP contribution in [0.1, 0.15) is 59.3 Å². The second-order valence-corrected chi connectivity index (χ2v) is 6.91. The number of Topliss-reactive ketones (excluding diaryl/α,β-unsaturated/α-hetero) is 1. The number of nitrogens with one attached hydrogen (secondary N) is 1. The van der Waals surface area contributed by atoms with Crippen molar-refractivity contribution in [2.75, 3.05) is 0 Å². The Morgan fingerprint density at radius 2 is 1.85 bits per heavy atom. The van der Waals surface area contributed by atoms with Crippen LogP contribution in [0.2, 0.25) is 0 Å². The molecule has 20 heavy (non-hydrogen) atoms. The molecular formula is C16H28ClNO2. The second kappa shape index (κ2) is 7.06. The molecule has 0 aliphatic heterocycles. The molecule has 0 radical (unpaired) electrons. The molecule has 0 heterocycles. The maximum absolute atomic E-state index is 12.0. The van der Waals surface area contributed by atoms with Crippen LogP contribution < -0.4 is 5.32 Å². The first kappa shape index (κ1) is 17.7. The quantitative estimate of drug-likeness (QED) is 0.824. The molecule has 0 saturated heterocycles. The van der Waals surface area contributed by atoms with Crippen molar-refractivity contribution in [2.24, 2.45) is 5.41 Å². The van der Waals surface area contributed by atoms with E-state index in [0.717, 1.165) is 5.57 Å². The minimum absolute atomic E-state index is 0. The van der Waals surface area contributed by atoms with Crippen LogP contribution in [0.5, 0.6) is 0 Å². The van der Waals surface area contributed by atoms with Crippen LogP contribution in [0.25, 0.3) is 0 Å². The molecule has 0 amide bonds. The van der Waals surface area contributed by atoms with E-state index in [9.17, 15) is 9.90 Å². The van der Waals surface area contributed by atoms with Gasteiger partial charge in [0.2, 0.25) is 0 Å². The second-order valence-electron chi connectivity index (χ2n) is 6.91. The lowest BCUT2D eigenvalue weighted by Gasteiger charge is -2.36. The maximum atomic E-state index is 12.0. The molecule has 2 N–H and O–H groups in total. The number of carbonyl (C=O) groups excluding carboxylic acids is 1. The molecule has 1 fully saturated rings. The Morgan fingerprint density at radius 1 is 1.25 bits per heavy atom. The number of hydrogen-bond acceptors (Lipinski definition) is 3. The molecule has 0 aromatic carbocycles. The number of aliphatic hydroxyl groups is 1. The fraction of sp³-hybridized carbons (Fsp3) is 0.812. The summed E-state index contributed by atoms with van der Waals surface area (Å²) in [5.41, 5.74) is 0.426. The fourth-order valence-corrected chi connectivity index (χ4v) is 3.28. The highest BCUT2D eigenvalue weighted by Crippen LogP contribution is 2.33. The minimum atomic E-state index is -0.504. The molecule has 2 aliphatic carbocycles. The van der Waals surface area contributed by atoms with Crippen LogP contribution in [-0.4, -0.2) is 29.1 Å². The van der Waals surface area contributed by atoms with Gasteiger partial charge in [0.1, 0.15) is 0 Å². The molecule has 0 aromatic heterocycles. The highest BCUT2D eigenvalue weighted by Gasteiger charge is 2.38. The van der Waals surface area contributed by atoms with Crippen LogP contribution in [0.15, 0.2) is 11.6 Å². The van der Waals surface area contributed by atoms with Crippen molar-refractivity contribution < 1.29 is 9.90 Å². The van der Waals surface area contributed by atoms with Crippen molar-refractivity contribution in [3.8, 4) is 0 Å². The van der Waals surface area contributed by atoms with Crippen LogP contribution in [-0.2, 0) is 4.79 Å². The van der Waals surface area contributed by atoms with Gasteiger partial charge in [-0.25, -0.2) is 0 Å². The molecule has 0 spiro atoms. The Kier molecular flexibility index (Phi) is 6.24. The van der Waals surface area contributed by atoms with Gasteiger partial charge in [-0.05, 0) is 30.8 Å². The van der Waals surface area contributed by atoms with E-state index in [1.807, 2.05) is 26.8 Å². The van der Waals surface area contributed by atoms with Crippen LogP contribution in [0, 0.1) is 5.41 Å². The average molecular weight is 302 g/mol. The fourth-order valence-electron chi connectivity index (χ4n) is 3.28. The van der Waals surface area contributed by atoms with E-state index in [2.05, 4.69) is 5.32 Å². The van der Waals surface area contributed by atoms with E-state index in [1.54, 1.807) is 0 Å². The standard InChI is InChI=1S/C16H27NO2.ClH/c1-11-9-13(17-12-7-5-4-6-8-12)15(19)16(2,3)10-14(11)18;/h9,12-13,15,17,19H,4-8,10H2,1-3H3;1H. The summed E-state index contributed by atoms with van der Waals surface area (Å²) < 4.78 is 0. The van der Waals surface area contributed by atoms with Gasteiger partial charge in [-0.3, -0.25) is 4.79 Å². The summed E-state index contributed by atoms with van der Waals surface area (Å²) in [5, 5.41) is 14.2. The van der Waals surface area contributed by atoms with Crippen LogP contribution in [0.3, 0.4) is 0 Å². The number of hydrogen-bond donors (Lipinski definition) is 2. The topological polar surface area (TPSA) is 49.3 Å². The minimum Gasteiger partial charge on any atom is -0.391 e. The molecule has 2 aliphatic rings. The summed E-state index contributed by atoms with van der Waals surface area (Å²) in [5.74, 6) is 0.164. The molecule has 0 bridgehead atoms. The number of carbonyl (C=O) groups is 1. The number of aliphatic hydroxyl groups excluding tert-OH is 1. The Labute approximate surface area is 128 Å². The third-order valence-corrected chi connectivity index (χ3v) is 4.66. The zero-order chi connectivity index (χ0) is 14.0. The largest absolute Gasteiger partial charge is 0.391 e. The number of halogens is 1. The highest BCUT2D eigenvalue weighted by molar-refractivity contribution is 5.95. The van der Waals surface area contributed by atoms with Crippen molar-refractivity contribution in [1.82, 2.24) is 5.32 Å². The molecule has 3 nitrogen and oxygen atoms in total. The monoisotopic (exact) mass is 301 g/mol. The smallest absolute Gasteiger partial charge is 0.158 e. The average Bonchev–Trinajstić information content (AvgIpc) is 2.43. The summed E-state index contributed by atoms with van der Waals surface area (Å²) in [4.78, 5) is 12.0. The van der Waals surface area contributed by atoms with Gasteiger partial charge in [-0.2, -0.15) is 0 Å². The summed E-state index contributed by atoms with van der Waals surface area (Å²) >= 11 is 0. The normalized spacial score (nSPS) is 31.2. The summed E-state index contributed by atoms with van der Waals surface area (Å²) in [6.45, 7) is 5.83. The van der Waals surface area contributed by atoms with Gasteiger partial charge in [0.05, 0.1) is 12.1 Å². The third-order valence-electron chi connectivity index (χ3n) is 4.66. The van der Waals surface area contributed by atoms with Gasteiger partial charge < -0.3 is 10.4 Å². The molecular weight excluding hydrogens is 274 g/mol. The highest BCUT2D eigenvalue weighted by atomic mass is 35.5. The molecule has 0 aromatic rings. The molecule has 2 atom stereocenters. The van der Waals surface area contributed by atoms with Crippen molar-refractivity contribution in [3.05, 3.63) is 11.6 Å². The van der Waals surface area contributed by atoms with E-state index < -0.39 is 6.10 Å². The van der Waals surface area contributed by atoms with Gasteiger partial charge in [0.15, 0.2) is 5.78 Å². The zero-order valence-corrected chi connectivity index (χ0v) is 13.6. The Balaban J connectivity index is 0.00000200. The van der Waals surface area contributed by atoms with Crippen molar-refractivity contribution in [2.45, 2.75) is 77.5 Å². The van der Waals surface area contributed by atoms with Crippen molar-refractivity contribution in [3.63, 3.8) is 0 Å². The lowest BCUT2D eigenvalue weighted by atomic mass is 9.79. The first-order valence-electron chi connectivity index (χ1n) is 7.56. The summed E-state index contributed by atoms with van der Waals surface area (Å²) in [6.07, 6.45) is 8.10. The lowest BCUT2D eigenvalue weighted by molar-refractivity contribution is -0.118. The lowest BCUT2D eigenvalue weighted by Crippen LogP contribution is -2.50. The third kappa shape index (κ3) is 4.06. The van der Waals surface area contributed by atoms with E-state index in [4.69, 9.17) is 0 Å². The first-order valence-corrected chi connectivity index (χ1v) is 7.56. The summed E-state index contributed by atoms with van der Waals surface area (Å²) in [7, 11) is 0. The zero-order valence-electron chi connectivity index (χ0n) is 12.8. The van der Waals surface area contributed by atoms with Gasteiger partial charge in [-0.15, -0.1) is 12.4 Å². The number of rotatable bonds is 2. The predicted octanol–water partition coefficient (Wildman–Crippen LogP) is 3.01. The molecule has 2 rings (SSSR count). The van der Waals surface area contributed by atoms with Gasteiger partial charge in [-0.1, -0.05) is 39.2 Å². The Bertz CT molecular complexity index is 373. The van der Waals surface area contributed by atoms with Crippen molar-refractivity contribution in [1.29, 1.82) is 0 Å². The van der Waals surface area contributed by atoms with Crippen LogP contribution >= 0.6 is 12.4 Å². The molecule has 4 heteroatoms. The molecule has 1 saturated carbocycles. The Hall–Kier alpha value is -0.380. The van der Waals surface area contributed by atoms with E-state index in [0.29, 0.717) is 12.5 Å². The summed E-state index contributed by atoms with van der Waals surface area (Å²) in [6, 6.07) is 0.394. The molecule has 116 valence electrons.